The van der Waals surface area contributed by atoms with Crippen molar-refractivity contribution >= 4 is 20.5 Å². The number of esters is 1. The normalized spacial score (nSPS) is 28.8. The Morgan fingerprint density at radius 3 is 2.46 bits per heavy atom. The van der Waals surface area contributed by atoms with Crippen LogP contribution in [-0.2, 0) is 23.7 Å². The summed E-state index contributed by atoms with van der Waals surface area (Å²) in [6.45, 7) is 5.65. The molecule has 4 atom stereocenters. The molecule has 0 radical (unpaired) electrons. The Morgan fingerprint density at radius 2 is 2.04 bits per heavy atom. The third-order valence-electron chi connectivity index (χ3n) is 4.66. The highest BCUT2D eigenvalue weighted by Gasteiger charge is 2.70. The highest BCUT2D eigenvalue weighted by atomic mass is 31.1. The molecule has 4 unspecified atom stereocenters. The topological polar surface area (TPSA) is 57.3 Å². The maximum atomic E-state index is 13.6. The van der Waals surface area contributed by atoms with E-state index in [0.29, 0.717) is 14.8 Å². The fourth-order valence-electron chi connectivity index (χ4n) is 2.65. The van der Waals surface area contributed by atoms with Gasteiger partial charge in [-0.3, -0.25) is 0 Å². The largest absolute Gasteiger partial charge is 0.444 e. The summed E-state index contributed by atoms with van der Waals surface area (Å²) in [6, 6.07) is 0. The van der Waals surface area contributed by atoms with Gasteiger partial charge in [-0.25, -0.2) is 4.79 Å². The fraction of sp³-hybridized carbons (Fsp3) is 0.765. The smallest absolute Gasteiger partial charge is 0.428 e. The van der Waals surface area contributed by atoms with Crippen molar-refractivity contribution in [3.8, 4) is 12.3 Å². The van der Waals surface area contributed by atoms with Crippen molar-refractivity contribution in [1.82, 2.24) is 0 Å². The molecule has 0 spiro atoms. The lowest BCUT2D eigenvalue weighted by molar-refractivity contribution is -0.273. The van der Waals surface area contributed by atoms with Crippen molar-refractivity contribution in [3.05, 3.63) is 0 Å². The number of alkyl halides is 3. The fourth-order valence-corrected chi connectivity index (χ4v) is 3.12. The van der Waals surface area contributed by atoms with Crippen LogP contribution >= 0.6 is 8.20 Å². The van der Waals surface area contributed by atoms with Crippen LogP contribution in [0.15, 0.2) is 0 Å². The summed E-state index contributed by atoms with van der Waals surface area (Å²) in [4.78, 5) is 12.4. The van der Waals surface area contributed by atoms with Gasteiger partial charge in [0.1, 0.15) is 11.2 Å². The molecule has 1 rings (SSSR count). The molecule has 148 valence electrons. The zero-order valence-corrected chi connectivity index (χ0v) is 16.2. The van der Waals surface area contributed by atoms with E-state index in [0.717, 1.165) is 7.11 Å². The quantitative estimate of drug-likeness (QED) is 0.246. The first-order chi connectivity index (χ1) is 12.0. The number of halogens is 3. The third-order valence-corrected chi connectivity index (χ3v) is 5.20. The van der Waals surface area contributed by atoms with Gasteiger partial charge in [-0.05, 0) is 26.9 Å². The van der Waals surface area contributed by atoms with Gasteiger partial charge >= 0.3 is 12.1 Å². The zero-order chi connectivity index (χ0) is 20.2. The molecule has 0 N–H and O–H groups in total. The number of rotatable bonds is 10. The lowest BCUT2D eigenvalue weighted by Crippen LogP contribution is -2.56. The number of ether oxygens (including phenoxy) is 4. The molecule has 0 aromatic rings. The summed E-state index contributed by atoms with van der Waals surface area (Å²) < 4.78 is 61.3. The Bertz CT molecular complexity index is 576. The Balaban J connectivity index is 3.04. The number of terminal acetylenes is 1. The Labute approximate surface area is 153 Å². The first kappa shape index (κ1) is 22.9. The van der Waals surface area contributed by atoms with Gasteiger partial charge in [0.2, 0.25) is 0 Å². The molecule has 1 fully saturated rings. The predicted octanol–water partition coefficient (Wildman–Crippen LogP) is 2.83. The van der Waals surface area contributed by atoms with E-state index in [1.165, 1.54) is 0 Å². The molecule has 0 saturated carbocycles. The summed E-state index contributed by atoms with van der Waals surface area (Å²) in [6.07, 6.45) is 1.96. The van der Waals surface area contributed by atoms with Crippen molar-refractivity contribution in [1.29, 1.82) is 0 Å². The van der Waals surface area contributed by atoms with E-state index in [1.807, 2.05) is 0 Å². The first-order valence-corrected chi connectivity index (χ1v) is 9.24. The number of carbonyl (C=O) groups is 1. The van der Waals surface area contributed by atoms with Crippen LogP contribution in [0.4, 0.5) is 13.2 Å². The minimum Gasteiger partial charge on any atom is -0.444 e. The molecule has 5 nitrogen and oxygen atoms in total. The SMILES string of the molecule is C#CC(OC(=O)C(CCP=C)(OC)C(F)(F)F)C1(C)OC1(C)COCC. The van der Waals surface area contributed by atoms with Crippen molar-refractivity contribution in [2.45, 2.75) is 56.3 Å². The van der Waals surface area contributed by atoms with Gasteiger partial charge < -0.3 is 18.9 Å². The summed E-state index contributed by atoms with van der Waals surface area (Å²) in [5.74, 6) is 0.622. The zero-order valence-electron chi connectivity index (χ0n) is 15.3. The predicted molar refractivity (Wildman–Crippen MR) is 92.4 cm³/mol. The van der Waals surface area contributed by atoms with Crippen LogP contribution in [0.5, 0.6) is 0 Å². The van der Waals surface area contributed by atoms with Gasteiger partial charge in [-0.2, -0.15) is 13.2 Å². The van der Waals surface area contributed by atoms with E-state index in [4.69, 9.17) is 20.6 Å². The Kier molecular flexibility index (Phi) is 7.28. The van der Waals surface area contributed by atoms with Crippen LogP contribution in [0.1, 0.15) is 27.2 Å². The van der Waals surface area contributed by atoms with E-state index in [9.17, 15) is 18.0 Å². The summed E-state index contributed by atoms with van der Waals surface area (Å²) in [7, 11) is 1.26. The molecule has 1 saturated heterocycles. The molecule has 0 amide bonds. The second kappa shape index (κ2) is 8.26. The number of carbonyl (C=O) groups excluding carboxylic acids is 1. The second-order valence-electron chi connectivity index (χ2n) is 6.26. The van der Waals surface area contributed by atoms with E-state index in [-0.39, 0.29) is 12.8 Å². The van der Waals surface area contributed by atoms with Gasteiger partial charge in [-0.15, -0.1) is 14.6 Å². The van der Waals surface area contributed by atoms with Crippen molar-refractivity contribution < 1.29 is 36.9 Å². The molecule has 0 aromatic carbocycles. The maximum Gasteiger partial charge on any atom is 0.428 e. The van der Waals surface area contributed by atoms with Crippen LogP contribution in [-0.4, -0.2) is 67.8 Å². The van der Waals surface area contributed by atoms with E-state index in [1.54, 1.807) is 20.8 Å². The summed E-state index contributed by atoms with van der Waals surface area (Å²) in [5.41, 5.74) is -5.11. The number of epoxide rings is 1. The minimum atomic E-state index is -4.97. The number of methoxy groups -OCH3 is 1. The Morgan fingerprint density at radius 1 is 1.42 bits per heavy atom. The van der Waals surface area contributed by atoms with Crippen LogP contribution in [0.3, 0.4) is 0 Å². The molecule has 26 heavy (non-hydrogen) atoms. The monoisotopic (exact) mass is 396 g/mol. The summed E-state index contributed by atoms with van der Waals surface area (Å²) in [5, 5.41) is 0. The minimum absolute atomic E-state index is 0.000999. The lowest BCUT2D eigenvalue weighted by Gasteiger charge is -2.33. The standard InChI is InChI=1S/C17H24F3O5P/c1-7-12(15(4)14(3,25-15)11-23-8-2)24-13(21)16(22-5,9-10-26-6)17(18,19)20/h1,12H,6,8-11H2,2-5H3. The van der Waals surface area contributed by atoms with Crippen LogP contribution in [0.2, 0.25) is 0 Å². The average Bonchev–Trinajstić information content (AvgIpc) is 3.13. The first-order valence-electron chi connectivity index (χ1n) is 7.97. The molecular formula is C17H24F3O5P. The van der Waals surface area contributed by atoms with Gasteiger partial charge in [-0.1, -0.05) is 12.2 Å². The van der Waals surface area contributed by atoms with E-state index < -0.39 is 41.5 Å². The van der Waals surface area contributed by atoms with Gasteiger partial charge in [0.15, 0.2) is 6.10 Å². The van der Waals surface area contributed by atoms with Crippen LogP contribution in [0.25, 0.3) is 0 Å². The van der Waals surface area contributed by atoms with Crippen molar-refractivity contribution in [3.63, 3.8) is 0 Å². The molecule has 1 heterocycles. The molecule has 1 aliphatic rings. The lowest BCUT2D eigenvalue weighted by atomic mass is 9.91. The van der Waals surface area contributed by atoms with Gasteiger partial charge in [0, 0.05) is 20.1 Å². The number of hydrogen-bond acceptors (Lipinski definition) is 5. The van der Waals surface area contributed by atoms with Gasteiger partial charge in [0.25, 0.3) is 5.60 Å². The number of hydrogen-bond donors (Lipinski definition) is 0. The highest BCUT2D eigenvalue weighted by Crippen LogP contribution is 2.51. The Hall–Kier alpha value is -1.13. The van der Waals surface area contributed by atoms with Crippen molar-refractivity contribution in [2.24, 2.45) is 0 Å². The van der Waals surface area contributed by atoms with Gasteiger partial charge in [0.05, 0.1) is 6.61 Å². The molecular weight excluding hydrogens is 372 g/mol. The molecule has 0 aliphatic carbocycles. The van der Waals surface area contributed by atoms with Crippen LogP contribution in [0, 0.1) is 12.3 Å². The average molecular weight is 396 g/mol. The van der Waals surface area contributed by atoms with Crippen molar-refractivity contribution in [2.75, 3.05) is 26.5 Å². The highest BCUT2D eigenvalue weighted by molar-refractivity contribution is 7.36. The van der Waals surface area contributed by atoms with Crippen LogP contribution < -0.4 is 0 Å². The molecule has 0 bridgehead atoms. The second-order valence-corrected chi connectivity index (χ2v) is 7.15. The molecule has 0 aromatic heterocycles. The summed E-state index contributed by atoms with van der Waals surface area (Å²) >= 11 is 0. The van der Waals surface area contributed by atoms with E-state index in [2.05, 4.69) is 17.0 Å². The molecule has 1 aliphatic heterocycles. The van der Waals surface area contributed by atoms with E-state index >= 15 is 0 Å². The molecule has 9 heteroatoms. The maximum absolute atomic E-state index is 13.6. The third kappa shape index (κ3) is 4.07.